The Kier molecular flexibility index (Phi) is 10.7. The molecular weight excluding hydrogens is 392 g/mol. The van der Waals surface area contributed by atoms with Gasteiger partial charge in [-0.3, -0.25) is 14.4 Å². The lowest BCUT2D eigenvalue weighted by atomic mass is 10.1. The highest BCUT2D eigenvalue weighted by molar-refractivity contribution is 5.94. The van der Waals surface area contributed by atoms with Gasteiger partial charge in [-0.05, 0) is 31.4 Å². The number of nitrogens with zero attached hydrogens (tertiary/aromatic N) is 3. The number of carbonyl (C=O) groups is 3. The molecule has 0 bridgehead atoms. The normalized spacial score (nSPS) is 17.6. The number of likely N-dealkylation sites (N-methyl/N-ethyl adjacent to an activating group) is 1. The molecule has 2 unspecified atom stereocenters. The zero-order chi connectivity index (χ0) is 23.6. The zero-order valence-corrected chi connectivity index (χ0v) is 19.6. The second kappa shape index (κ2) is 12.7. The number of amides is 3. The predicted molar refractivity (Wildman–Crippen MR) is 122 cm³/mol. The molecule has 1 aliphatic heterocycles. The van der Waals surface area contributed by atoms with Gasteiger partial charge in [-0.25, -0.2) is 0 Å². The van der Waals surface area contributed by atoms with E-state index >= 15 is 0 Å². The predicted octanol–water partition coefficient (Wildman–Crippen LogP) is 3.53. The summed E-state index contributed by atoms with van der Waals surface area (Å²) in [6.07, 6.45) is 0.297. The van der Waals surface area contributed by atoms with E-state index in [1.54, 1.807) is 26.0 Å². The lowest BCUT2D eigenvalue weighted by Gasteiger charge is -2.26. The summed E-state index contributed by atoms with van der Waals surface area (Å²) >= 11 is 0. The standard InChI is InChI=1S/C20H26N4O3.C4H10/c1-4-23(20(27)14(2)3)13-18(25)24-12-15(10-17(24)11-21)19(26)22-16-8-6-5-7-9-16;1-4(2)3/h5-9,14-15,17H,4,10,12-13H2,1-3H3,(H,22,26);4H,1-3H3. The number of benzene rings is 1. The molecule has 1 aromatic rings. The average molecular weight is 429 g/mol. The van der Waals surface area contributed by atoms with E-state index in [0.717, 1.165) is 5.92 Å². The molecule has 1 N–H and O–H groups in total. The van der Waals surface area contributed by atoms with Crippen molar-refractivity contribution < 1.29 is 14.4 Å². The van der Waals surface area contributed by atoms with Gasteiger partial charge in [0.15, 0.2) is 0 Å². The highest BCUT2D eigenvalue weighted by atomic mass is 16.2. The quantitative estimate of drug-likeness (QED) is 0.750. The van der Waals surface area contributed by atoms with Gasteiger partial charge in [-0.15, -0.1) is 0 Å². The monoisotopic (exact) mass is 428 g/mol. The first-order valence-corrected chi connectivity index (χ1v) is 10.9. The van der Waals surface area contributed by atoms with Gasteiger partial charge in [0.1, 0.15) is 6.04 Å². The Morgan fingerprint density at radius 1 is 1.16 bits per heavy atom. The summed E-state index contributed by atoms with van der Waals surface area (Å²) in [7, 11) is 0. The van der Waals surface area contributed by atoms with E-state index in [1.165, 1.54) is 9.80 Å². The van der Waals surface area contributed by atoms with Gasteiger partial charge in [0, 0.05) is 24.7 Å². The van der Waals surface area contributed by atoms with Crippen molar-refractivity contribution in [2.75, 3.05) is 25.0 Å². The molecule has 0 radical (unpaired) electrons. The van der Waals surface area contributed by atoms with Gasteiger partial charge >= 0.3 is 0 Å². The fraction of sp³-hybridized carbons (Fsp3) is 0.583. The topological polar surface area (TPSA) is 93.5 Å². The Hall–Kier alpha value is -2.88. The van der Waals surface area contributed by atoms with Crippen molar-refractivity contribution in [3.63, 3.8) is 0 Å². The largest absolute Gasteiger partial charge is 0.333 e. The first-order valence-electron chi connectivity index (χ1n) is 10.9. The van der Waals surface area contributed by atoms with Crippen LogP contribution in [0.2, 0.25) is 0 Å². The lowest BCUT2D eigenvalue weighted by molar-refractivity contribution is -0.142. The van der Waals surface area contributed by atoms with Crippen molar-refractivity contribution in [1.82, 2.24) is 9.80 Å². The SMILES string of the molecule is CC(C)C.CCN(CC(=O)N1CC(C(=O)Nc2ccccc2)CC1C#N)C(=O)C(C)C. The van der Waals surface area contributed by atoms with Crippen LogP contribution in [0.1, 0.15) is 48.0 Å². The number of carbonyl (C=O) groups excluding carboxylic acids is 3. The first-order chi connectivity index (χ1) is 14.6. The van der Waals surface area contributed by atoms with Crippen molar-refractivity contribution >= 4 is 23.4 Å². The van der Waals surface area contributed by atoms with Crippen molar-refractivity contribution in [2.45, 2.75) is 54.0 Å². The molecule has 31 heavy (non-hydrogen) atoms. The molecule has 3 amide bonds. The minimum atomic E-state index is -0.656. The van der Waals surface area contributed by atoms with Gasteiger partial charge < -0.3 is 15.1 Å². The maximum absolute atomic E-state index is 12.7. The Morgan fingerprint density at radius 3 is 2.23 bits per heavy atom. The highest BCUT2D eigenvalue weighted by Gasteiger charge is 2.39. The van der Waals surface area contributed by atoms with Crippen molar-refractivity contribution in [3.8, 4) is 6.07 Å². The Morgan fingerprint density at radius 2 is 1.74 bits per heavy atom. The van der Waals surface area contributed by atoms with Crippen LogP contribution in [0, 0.1) is 29.1 Å². The molecule has 1 saturated heterocycles. The van der Waals surface area contributed by atoms with Crippen molar-refractivity contribution in [1.29, 1.82) is 5.26 Å². The molecule has 7 nitrogen and oxygen atoms in total. The Balaban J connectivity index is 0.00000110. The van der Waals surface area contributed by atoms with Crippen LogP contribution in [-0.2, 0) is 14.4 Å². The van der Waals surface area contributed by atoms with Crippen LogP contribution in [0.25, 0.3) is 0 Å². The number of anilines is 1. The number of para-hydroxylation sites is 1. The summed E-state index contributed by atoms with van der Waals surface area (Å²) < 4.78 is 0. The smallest absolute Gasteiger partial charge is 0.243 e. The fourth-order valence-electron chi connectivity index (χ4n) is 3.15. The van der Waals surface area contributed by atoms with Gasteiger partial charge in [0.05, 0.1) is 18.5 Å². The molecule has 1 aliphatic rings. The number of likely N-dealkylation sites (tertiary alicyclic amines) is 1. The van der Waals surface area contributed by atoms with Gasteiger partial charge in [0.2, 0.25) is 17.7 Å². The highest BCUT2D eigenvalue weighted by Crippen LogP contribution is 2.25. The van der Waals surface area contributed by atoms with Crippen LogP contribution in [0.15, 0.2) is 30.3 Å². The molecule has 0 spiro atoms. The van der Waals surface area contributed by atoms with Crippen LogP contribution < -0.4 is 5.32 Å². The number of nitriles is 1. The van der Waals surface area contributed by atoms with Crippen LogP contribution in [0.4, 0.5) is 5.69 Å². The molecule has 2 rings (SSSR count). The van der Waals surface area contributed by atoms with E-state index in [1.807, 2.05) is 25.1 Å². The minimum Gasteiger partial charge on any atom is -0.333 e. The number of nitrogens with one attached hydrogen (secondary N) is 1. The van der Waals surface area contributed by atoms with Gasteiger partial charge in [0.25, 0.3) is 0 Å². The number of hydrogen-bond acceptors (Lipinski definition) is 4. The van der Waals surface area contributed by atoms with E-state index in [2.05, 4.69) is 32.2 Å². The summed E-state index contributed by atoms with van der Waals surface area (Å²) in [5, 5.41) is 12.2. The summed E-state index contributed by atoms with van der Waals surface area (Å²) in [4.78, 5) is 40.3. The van der Waals surface area contributed by atoms with Crippen LogP contribution >= 0.6 is 0 Å². The number of hydrogen-bond donors (Lipinski definition) is 1. The molecule has 1 fully saturated rings. The molecule has 2 atom stereocenters. The third kappa shape index (κ3) is 8.41. The molecule has 1 aromatic carbocycles. The molecule has 1 heterocycles. The number of rotatable bonds is 6. The summed E-state index contributed by atoms with van der Waals surface area (Å²) in [5.41, 5.74) is 0.681. The molecule has 0 aromatic heterocycles. The van der Waals surface area contributed by atoms with E-state index in [4.69, 9.17) is 0 Å². The molecule has 0 saturated carbocycles. The molecule has 7 heteroatoms. The Bertz CT molecular complexity index is 768. The lowest BCUT2D eigenvalue weighted by Crippen LogP contribution is -2.45. The summed E-state index contributed by atoms with van der Waals surface area (Å²) in [6, 6.07) is 10.5. The first kappa shape index (κ1) is 26.2. The van der Waals surface area contributed by atoms with Gasteiger partial charge in [-0.2, -0.15) is 5.26 Å². The third-order valence-corrected chi connectivity index (χ3v) is 4.70. The van der Waals surface area contributed by atoms with Crippen LogP contribution in [0.3, 0.4) is 0 Å². The third-order valence-electron chi connectivity index (χ3n) is 4.70. The second-order valence-corrected chi connectivity index (χ2v) is 8.72. The zero-order valence-electron chi connectivity index (χ0n) is 19.6. The van der Waals surface area contributed by atoms with Crippen LogP contribution in [-0.4, -0.2) is 53.2 Å². The van der Waals surface area contributed by atoms with Crippen molar-refractivity contribution in [2.24, 2.45) is 17.8 Å². The molecular formula is C24H36N4O3. The summed E-state index contributed by atoms with van der Waals surface area (Å²) in [5.74, 6) is -0.422. The van der Waals surface area contributed by atoms with Crippen LogP contribution in [0.5, 0.6) is 0 Å². The minimum absolute atomic E-state index is 0.0707. The van der Waals surface area contributed by atoms with E-state index in [9.17, 15) is 19.6 Å². The molecule has 0 aliphatic carbocycles. The van der Waals surface area contributed by atoms with E-state index < -0.39 is 12.0 Å². The van der Waals surface area contributed by atoms with E-state index in [0.29, 0.717) is 18.7 Å². The van der Waals surface area contributed by atoms with Gasteiger partial charge in [-0.1, -0.05) is 52.8 Å². The Labute approximate surface area is 186 Å². The van der Waals surface area contributed by atoms with Crippen molar-refractivity contribution in [3.05, 3.63) is 30.3 Å². The maximum Gasteiger partial charge on any atom is 0.243 e. The molecule has 170 valence electrons. The second-order valence-electron chi connectivity index (χ2n) is 8.72. The van der Waals surface area contributed by atoms with E-state index in [-0.39, 0.29) is 36.7 Å². The average Bonchev–Trinajstić information content (AvgIpc) is 3.16. The fourth-order valence-corrected chi connectivity index (χ4v) is 3.15. The summed E-state index contributed by atoms with van der Waals surface area (Å²) in [6.45, 7) is 12.4. The maximum atomic E-state index is 12.7.